The van der Waals surface area contributed by atoms with E-state index in [2.05, 4.69) is 54.0 Å². The van der Waals surface area contributed by atoms with E-state index >= 15 is 0 Å². The Hall–Kier alpha value is -0.100. The highest BCUT2D eigenvalue weighted by molar-refractivity contribution is 9.10. The molecule has 0 atom stereocenters. The van der Waals surface area contributed by atoms with Crippen molar-refractivity contribution in [1.82, 2.24) is 9.97 Å². The molecule has 2 nitrogen and oxygen atoms in total. The molecule has 1 aromatic heterocycles. The molecule has 0 unspecified atom stereocenters. The standard InChI is InChI=1S/C14H11Br2ClN2S/c15-9-2-1-3-10(6-9)20-7-11-18-13(8-4-5-8)12(16)14(17)19-11/h1-3,6,8H,4-5,7H2. The maximum atomic E-state index is 6.18. The van der Waals surface area contributed by atoms with Crippen LogP contribution < -0.4 is 0 Å². The lowest BCUT2D eigenvalue weighted by Gasteiger charge is -2.07. The molecular weight excluding hydrogens is 423 g/mol. The molecule has 3 rings (SSSR count). The summed E-state index contributed by atoms with van der Waals surface area (Å²) in [5.74, 6) is 2.08. The minimum absolute atomic E-state index is 0.520. The molecule has 1 aliphatic rings. The molecule has 1 aliphatic carbocycles. The van der Waals surface area contributed by atoms with Crippen LogP contribution in [0, 0.1) is 0 Å². The first-order chi connectivity index (χ1) is 9.63. The molecule has 0 N–H and O–H groups in total. The molecule has 0 saturated heterocycles. The highest BCUT2D eigenvalue weighted by Gasteiger charge is 2.29. The zero-order chi connectivity index (χ0) is 14.1. The maximum Gasteiger partial charge on any atom is 0.147 e. The van der Waals surface area contributed by atoms with Gasteiger partial charge in [0.25, 0.3) is 0 Å². The molecule has 20 heavy (non-hydrogen) atoms. The fraction of sp³-hybridized carbons (Fsp3) is 0.286. The third-order valence-corrected chi connectivity index (χ3v) is 5.78. The van der Waals surface area contributed by atoms with Crippen LogP contribution in [0.1, 0.15) is 30.3 Å². The molecule has 0 amide bonds. The molecule has 2 aromatic rings. The summed E-state index contributed by atoms with van der Waals surface area (Å²) >= 11 is 14.9. The Kier molecular flexibility index (Phi) is 4.70. The zero-order valence-electron chi connectivity index (χ0n) is 10.4. The van der Waals surface area contributed by atoms with Crippen LogP contribution in [0.15, 0.2) is 38.1 Å². The van der Waals surface area contributed by atoms with E-state index < -0.39 is 0 Å². The van der Waals surface area contributed by atoms with E-state index in [-0.39, 0.29) is 0 Å². The summed E-state index contributed by atoms with van der Waals surface area (Å²) < 4.78 is 1.94. The average Bonchev–Trinajstić information content (AvgIpc) is 3.24. The van der Waals surface area contributed by atoms with Gasteiger partial charge in [-0.3, -0.25) is 0 Å². The first kappa shape index (κ1) is 14.8. The highest BCUT2D eigenvalue weighted by atomic mass is 79.9. The van der Waals surface area contributed by atoms with Gasteiger partial charge < -0.3 is 0 Å². The van der Waals surface area contributed by atoms with Gasteiger partial charge in [0, 0.05) is 15.3 Å². The van der Waals surface area contributed by atoms with Gasteiger partial charge in [0.2, 0.25) is 0 Å². The normalized spacial score (nSPS) is 14.6. The molecule has 0 bridgehead atoms. The van der Waals surface area contributed by atoms with Crippen molar-refractivity contribution >= 4 is 55.2 Å². The van der Waals surface area contributed by atoms with Crippen molar-refractivity contribution in [2.45, 2.75) is 29.4 Å². The Morgan fingerprint density at radius 3 is 2.75 bits per heavy atom. The van der Waals surface area contributed by atoms with Gasteiger partial charge in [0.05, 0.1) is 15.9 Å². The van der Waals surface area contributed by atoms with Crippen LogP contribution in [0.5, 0.6) is 0 Å². The van der Waals surface area contributed by atoms with E-state index in [1.54, 1.807) is 11.8 Å². The van der Waals surface area contributed by atoms with Gasteiger partial charge >= 0.3 is 0 Å². The van der Waals surface area contributed by atoms with E-state index in [9.17, 15) is 0 Å². The Bertz CT molecular complexity index is 647. The van der Waals surface area contributed by atoms with Crippen molar-refractivity contribution in [3.8, 4) is 0 Å². The SMILES string of the molecule is Clc1nc(CSc2cccc(Br)c2)nc(C2CC2)c1Br. The number of hydrogen-bond acceptors (Lipinski definition) is 3. The van der Waals surface area contributed by atoms with E-state index in [0.29, 0.717) is 11.1 Å². The van der Waals surface area contributed by atoms with Crippen LogP contribution in [0.4, 0.5) is 0 Å². The Morgan fingerprint density at radius 1 is 1.25 bits per heavy atom. The lowest BCUT2D eigenvalue weighted by atomic mass is 10.3. The first-order valence-electron chi connectivity index (χ1n) is 6.23. The van der Waals surface area contributed by atoms with E-state index in [4.69, 9.17) is 11.6 Å². The van der Waals surface area contributed by atoms with Gasteiger partial charge in [-0.05, 0) is 47.0 Å². The van der Waals surface area contributed by atoms with Crippen molar-refractivity contribution in [2.75, 3.05) is 0 Å². The largest absolute Gasteiger partial charge is 0.235 e. The summed E-state index contributed by atoms with van der Waals surface area (Å²) in [6.45, 7) is 0. The van der Waals surface area contributed by atoms with E-state index in [0.717, 1.165) is 26.2 Å². The van der Waals surface area contributed by atoms with Gasteiger partial charge in [0.15, 0.2) is 0 Å². The highest BCUT2D eigenvalue weighted by Crippen LogP contribution is 2.43. The molecule has 6 heteroatoms. The lowest BCUT2D eigenvalue weighted by molar-refractivity contribution is 0.920. The third kappa shape index (κ3) is 3.56. The second-order valence-corrected chi connectivity index (χ2v) is 7.77. The number of aromatic nitrogens is 2. The monoisotopic (exact) mass is 432 g/mol. The summed E-state index contributed by atoms with van der Waals surface area (Å²) in [7, 11) is 0. The summed E-state index contributed by atoms with van der Waals surface area (Å²) in [5, 5.41) is 0.520. The molecule has 104 valence electrons. The van der Waals surface area contributed by atoms with Crippen molar-refractivity contribution in [1.29, 1.82) is 0 Å². The predicted molar refractivity (Wildman–Crippen MR) is 90.4 cm³/mol. The lowest BCUT2D eigenvalue weighted by Crippen LogP contribution is -1.99. The smallest absolute Gasteiger partial charge is 0.147 e. The predicted octanol–water partition coefficient (Wildman–Crippen LogP) is 5.82. The van der Waals surface area contributed by atoms with Gasteiger partial charge in [-0.25, -0.2) is 9.97 Å². The summed E-state index contributed by atoms with van der Waals surface area (Å²) in [6.07, 6.45) is 2.40. The number of hydrogen-bond donors (Lipinski definition) is 0. The summed E-state index contributed by atoms with van der Waals surface area (Å²) in [4.78, 5) is 10.2. The third-order valence-electron chi connectivity index (χ3n) is 3.01. The van der Waals surface area contributed by atoms with Crippen LogP contribution in [0.2, 0.25) is 5.15 Å². The minimum Gasteiger partial charge on any atom is -0.235 e. The number of halogens is 3. The Labute approximate surface area is 144 Å². The van der Waals surface area contributed by atoms with E-state index in [1.165, 1.54) is 17.7 Å². The Balaban J connectivity index is 1.77. The van der Waals surface area contributed by atoms with Crippen LogP contribution >= 0.6 is 55.2 Å². The molecule has 1 aromatic carbocycles. The topological polar surface area (TPSA) is 25.8 Å². The molecule has 1 heterocycles. The molecule has 0 radical (unpaired) electrons. The summed E-state index contributed by atoms with van der Waals surface area (Å²) in [6, 6.07) is 8.21. The van der Waals surface area contributed by atoms with Gasteiger partial charge in [0.1, 0.15) is 11.0 Å². The second kappa shape index (κ2) is 6.34. The van der Waals surface area contributed by atoms with Gasteiger partial charge in [-0.2, -0.15) is 0 Å². The number of rotatable bonds is 4. The van der Waals surface area contributed by atoms with E-state index in [1.807, 2.05) is 12.1 Å². The number of nitrogens with zero attached hydrogens (tertiary/aromatic N) is 2. The number of benzene rings is 1. The molecular formula is C14H11Br2ClN2S. The Morgan fingerprint density at radius 2 is 2.05 bits per heavy atom. The molecule has 1 fully saturated rings. The second-order valence-electron chi connectivity index (χ2n) is 4.65. The van der Waals surface area contributed by atoms with Crippen LogP contribution in [-0.4, -0.2) is 9.97 Å². The number of thioether (sulfide) groups is 1. The molecule has 1 saturated carbocycles. The molecule has 0 spiro atoms. The zero-order valence-corrected chi connectivity index (χ0v) is 15.2. The average molecular weight is 435 g/mol. The van der Waals surface area contributed by atoms with Crippen molar-refractivity contribution in [3.05, 3.63) is 49.9 Å². The van der Waals surface area contributed by atoms with Crippen LogP contribution in [-0.2, 0) is 5.75 Å². The van der Waals surface area contributed by atoms with Crippen LogP contribution in [0.3, 0.4) is 0 Å². The summed E-state index contributed by atoms with van der Waals surface area (Å²) in [5.41, 5.74) is 1.06. The van der Waals surface area contributed by atoms with Gasteiger partial charge in [-0.15, -0.1) is 11.8 Å². The fourth-order valence-electron chi connectivity index (χ4n) is 1.88. The van der Waals surface area contributed by atoms with Crippen molar-refractivity contribution < 1.29 is 0 Å². The molecule has 0 aliphatic heterocycles. The minimum atomic E-state index is 0.520. The fourth-order valence-corrected chi connectivity index (χ4v) is 3.93. The van der Waals surface area contributed by atoms with Gasteiger partial charge in [-0.1, -0.05) is 33.6 Å². The maximum absolute atomic E-state index is 6.18. The first-order valence-corrected chi connectivity index (χ1v) is 9.18. The van der Waals surface area contributed by atoms with Crippen LogP contribution in [0.25, 0.3) is 0 Å². The van der Waals surface area contributed by atoms with Crippen molar-refractivity contribution in [3.63, 3.8) is 0 Å². The van der Waals surface area contributed by atoms with Crippen molar-refractivity contribution in [2.24, 2.45) is 0 Å². The quantitative estimate of drug-likeness (QED) is 0.448.